The van der Waals surface area contributed by atoms with Crippen LogP contribution in [0.25, 0.3) is 0 Å². The minimum atomic E-state index is -1.25. The maximum Gasteiger partial charge on any atom is 0.407 e. The lowest BCUT2D eigenvalue weighted by Crippen LogP contribution is -2.48. The third kappa shape index (κ3) is 11.9. The van der Waals surface area contributed by atoms with Crippen LogP contribution in [0.3, 0.4) is 0 Å². The van der Waals surface area contributed by atoms with Crippen LogP contribution in [0, 0.1) is 0 Å². The van der Waals surface area contributed by atoms with Gasteiger partial charge in [-0.1, -0.05) is 30.3 Å². The van der Waals surface area contributed by atoms with Gasteiger partial charge in [0.15, 0.2) is 0 Å². The number of carboxylic acids is 2. The summed E-state index contributed by atoms with van der Waals surface area (Å²) in [5.41, 5.74) is 0.0529. The molecule has 0 saturated carbocycles. The smallest absolute Gasteiger partial charge is 0.407 e. The molecule has 0 aliphatic heterocycles. The molecule has 32 heavy (non-hydrogen) atoms. The molecule has 1 atom stereocenters. The van der Waals surface area contributed by atoms with E-state index < -0.39 is 48.7 Å². The first-order valence-electron chi connectivity index (χ1n) is 10.3. The molecule has 1 unspecified atom stereocenters. The quantitative estimate of drug-likeness (QED) is 0.303. The van der Waals surface area contributed by atoms with Crippen LogP contribution in [0.15, 0.2) is 30.3 Å². The highest BCUT2D eigenvalue weighted by atomic mass is 16.6. The van der Waals surface area contributed by atoms with Crippen molar-refractivity contribution in [3.8, 4) is 0 Å². The zero-order valence-electron chi connectivity index (χ0n) is 18.7. The summed E-state index contributed by atoms with van der Waals surface area (Å²) in [4.78, 5) is 47.8. The molecule has 10 nitrogen and oxygen atoms in total. The molecule has 0 heterocycles. The van der Waals surface area contributed by atoms with E-state index in [9.17, 15) is 19.2 Å². The number of nitrogens with zero attached hydrogens (tertiary/aromatic N) is 1. The number of benzene rings is 1. The van der Waals surface area contributed by atoms with Gasteiger partial charge in [-0.25, -0.2) is 4.79 Å². The highest BCUT2D eigenvalue weighted by Crippen LogP contribution is 2.16. The lowest BCUT2D eigenvalue weighted by atomic mass is 10.1. The van der Waals surface area contributed by atoms with Gasteiger partial charge >= 0.3 is 24.0 Å². The lowest BCUT2D eigenvalue weighted by molar-refractivity contribution is -0.163. The number of ether oxygens (including phenoxy) is 2. The Labute approximate surface area is 187 Å². The van der Waals surface area contributed by atoms with Crippen LogP contribution in [0.4, 0.5) is 4.79 Å². The zero-order chi connectivity index (χ0) is 24.1. The van der Waals surface area contributed by atoms with Gasteiger partial charge in [0.1, 0.15) is 18.2 Å². The predicted octanol–water partition coefficient (Wildman–Crippen LogP) is 2.26. The number of hydrogen-bond acceptors (Lipinski definition) is 7. The van der Waals surface area contributed by atoms with E-state index >= 15 is 0 Å². The van der Waals surface area contributed by atoms with Crippen molar-refractivity contribution in [2.24, 2.45) is 0 Å². The monoisotopic (exact) mass is 452 g/mol. The van der Waals surface area contributed by atoms with Crippen molar-refractivity contribution >= 4 is 24.0 Å². The molecule has 178 valence electrons. The highest BCUT2D eigenvalue weighted by Gasteiger charge is 2.32. The van der Waals surface area contributed by atoms with Crippen LogP contribution in [0.5, 0.6) is 0 Å². The highest BCUT2D eigenvalue weighted by molar-refractivity contribution is 5.79. The molecular weight excluding hydrogens is 420 g/mol. The fourth-order valence-corrected chi connectivity index (χ4v) is 2.87. The van der Waals surface area contributed by atoms with E-state index in [0.29, 0.717) is 12.8 Å². The summed E-state index contributed by atoms with van der Waals surface area (Å²) in [6.07, 6.45) is 0.513. The van der Waals surface area contributed by atoms with E-state index in [2.05, 4.69) is 5.32 Å². The number of unbranched alkanes of at least 4 members (excludes halogenated alkanes) is 1. The Morgan fingerprint density at radius 1 is 1.00 bits per heavy atom. The number of carboxylic acid groups (broad SMARTS) is 2. The summed E-state index contributed by atoms with van der Waals surface area (Å²) >= 11 is 0. The van der Waals surface area contributed by atoms with E-state index in [1.54, 1.807) is 20.8 Å². The van der Waals surface area contributed by atoms with Gasteiger partial charge in [0.2, 0.25) is 0 Å². The first-order chi connectivity index (χ1) is 15.0. The number of nitrogens with one attached hydrogen (secondary N) is 1. The molecule has 1 amide bonds. The molecule has 1 aromatic rings. The number of esters is 1. The average Bonchev–Trinajstić information content (AvgIpc) is 2.67. The first-order valence-corrected chi connectivity index (χ1v) is 10.3. The van der Waals surface area contributed by atoms with Gasteiger partial charge in [0.25, 0.3) is 0 Å². The van der Waals surface area contributed by atoms with Crippen LogP contribution in [0.1, 0.15) is 45.6 Å². The third-order valence-electron chi connectivity index (χ3n) is 4.18. The molecule has 10 heteroatoms. The van der Waals surface area contributed by atoms with E-state index in [-0.39, 0.29) is 19.6 Å². The van der Waals surface area contributed by atoms with Gasteiger partial charge in [-0.15, -0.1) is 0 Å². The number of hydrogen-bond donors (Lipinski definition) is 3. The number of carbonyl (C=O) groups excluding carboxylic acids is 2. The Bertz CT molecular complexity index is 745. The van der Waals surface area contributed by atoms with Gasteiger partial charge in [0, 0.05) is 6.54 Å². The van der Waals surface area contributed by atoms with Crippen molar-refractivity contribution in [2.75, 3.05) is 19.6 Å². The molecule has 1 aromatic carbocycles. The number of alkyl carbamates (subject to hydrolysis) is 1. The second-order valence-electron chi connectivity index (χ2n) is 8.23. The van der Waals surface area contributed by atoms with E-state index in [4.69, 9.17) is 19.7 Å². The van der Waals surface area contributed by atoms with Gasteiger partial charge in [-0.2, -0.15) is 0 Å². The molecule has 0 spiro atoms. The normalized spacial score (nSPS) is 12.1. The Hall–Kier alpha value is -3.14. The average molecular weight is 453 g/mol. The Morgan fingerprint density at radius 2 is 1.59 bits per heavy atom. The van der Waals surface area contributed by atoms with Crippen molar-refractivity contribution in [2.45, 2.75) is 58.3 Å². The Balaban J connectivity index is 2.57. The SMILES string of the molecule is CC(C)(C)OC(=O)C(CCCCNC(=O)OCc1ccccc1)N(CC(=O)O)CC(=O)O. The second kappa shape index (κ2) is 13.3. The third-order valence-corrected chi connectivity index (χ3v) is 4.18. The topological polar surface area (TPSA) is 142 Å². The van der Waals surface area contributed by atoms with Crippen LogP contribution in [-0.4, -0.2) is 70.4 Å². The van der Waals surface area contributed by atoms with Crippen LogP contribution >= 0.6 is 0 Å². The van der Waals surface area contributed by atoms with Crippen molar-refractivity contribution in [1.29, 1.82) is 0 Å². The van der Waals surface area contributed by atoms with Crippen LogP contribution in [-0.2, 0) is 30.5 Å². The maximum atomic E-state index is 12.6. The molecule has 3 N–H and O–H groups in total. The van der Waals surface area contributed by atoms with Gasteiger partial charge in [-0.05, 0) is 45.6 Å². The summed E-state index contributed by atoms with van der Waals surface area (Å²) in [5.74, 6) is -3.18. The van der Waals surface area contributed by atoms with Gasteiger partial charge < -0.3 is 25.0 Å². The van der Waals surface area contributed by atoms with Crippen LogP contribution in [0.2, 0.25) is 0 Å². The van der Waals surface area contributed by atoms with Crippen molar-refractivity contribution in [3.63, 3.8) is 0 Å². The number of carbonyl (C=O) groups is 4. The molecule has 0 radical (unpaired) electrons. The maximum absolute atomic E-state index is 12.6. The summed E-state index contributed by atoms with van der Waals surface area (Å²) in [6, 6.07) is 8.19. The largest absolute Gasteiger partial charge is 0.480 e. The fourth-order valence-electron chi connectivity index (χ4n) is 2.87. The summed E-state index contributed by atoms with van der Waals surface area (Å²) in [6.45, 7) is 4.22. The van der Waals surface area contributed by atoms with Crippen molar-refractivity contribution in [3.05, 3.63) is 35.9 Å². The van der Waals surface area contributed by atoms with Crippen LogP contribution < -0.4 is 5.32 Å². The van der Waals surface area contributed by atoms with E-state index in [1.165, 1.54) is 0 Å². The van der Waals surface area contributed by atoms with Gasteiger partial charge in [0.05, 0.1) is 13.1 Å². The number of aliphatic carboxylic acids is 2. The fraction of sp³-hybridized carbons (Fsp3) is 0.545. The summed E-state index contributed by atoms with van der Waals surface area (Å²) in [5, 5.41) is 20.8. The Morgan fingerprint density at radius 3 is 2.12 bits per heavy atom. The van der Waals surface area contributed by atoms with Crippen molar-refractivity contribution < 1.29 is 38.9 Å². The number of amides is 1. The predicted molar refractivity (Wildman–Crippen MR) is 115 cm³/mol. The standard InChI is InChI=1S/C22H32N2O8/c1-22(2,3)32-20(29)17(24(13-18(25)26)14-19(27)28)11-7-8-12-23-21(30)31-15-16-9-5-4-6-10-16/h4-6,9-10,17H,7-8,11-15H2,1-3H3,(H,23,30)(H,25,26)(H,27,28). The molecule has 0 aliphatic rings. The molecule has 0 aromatic heterocycles. The van der Waals surface area contributed by atoms with Crippen molar-refractivity contribution in [1.82, 2.24) is 10.2 Å². The van der Waals surface area contributed by atoms with E-state index in [1.807, 2.05) is 30.3 Å². The molecule has 0 fully saturated rings. The molecule has 0 aliphatic carbocycles. The molecule has 1 rings (SSSR count). The second-order valence-corrected chi connectivity index (χ2v) is 8.23. The number of rotatable bonds is 13. The summed E-state index contributed by atoms with van der Waals surface area (Å²) < 4.78 is 10.5. The van der Waals surface area contributed by atoms with E-state index in [0.717, 1.165) is 10.5 Å². The molecular formula is C22H32N2O8. The van der Waals surface area contributed by atoms with Gasteiger partial charge in [-0.3, -0.25) is 19.3 Å². The minimum absolute atomic E-state index is 0.146. The lowest BCUT2D eigenvalue weighted by Gasteiger charge is -2.30. The first kappa shape index (κ1) is 26.9. The Kier molecular flexibility index (Phi) is 11.2. The zero-order valence-corrected chi connectivity index (χ0v) is 18.7. The molecule has 0 bridgehead atoms. The minimum Gasteiger partial charge on any atom is -0.480 e. The molecule has 0 saturated heterocycles. The summed E-state index contributed by atoms with van der Waals surface area (Å²) in [7, 11) is 0.